The van der Waals surface area contributed by atoms with Crippen molar-refractivity contribution in [2.24, 2.45) is 5.16 Å². The second-order valence-corrected chi connectivity index (χ2v) is 9.91. The molecule has 0 bridgehead atoms. The predicted molar refractivity (Wildman–Crippen MR) is 122 cm³/mol. The number of carboxylic acids is 1. The van der Waals surface area contributed by atoms with Gasteiger partial charge in [0.25, 0.3) is 0 Å². The Hall–Kier alpha value is -2.86. The molecule has 2 aromatic carbocycles. The van der Waals surface area contributed by atoms with E-state index >= 15 is 0 Å². The zero-order chi connectivity index (χ0) is 22.3. The second kappa shape index (κ2) is 7.93. The summed E-state index contributed by atoms with van der Waals surface area (Å²) in [6.45, 7) is 7.13. The molecular formula is C26H30N2O4. The molecule has 3 aliphatic rings. The molecule has 1 saturated heterocycles. The Morgan fingerprint density at radius 2 is 1.84 bits per heavy atom. The molecule has 0 amide bonds. The highest BCUT2D eigenvalue weighted by Crippen LogP contribution is 2.39. The van der Waals surface area contributed by atoms with Gasteiger partial charge in [-0.25, -0.2) is 4.79 Å². The maximum Gasteiger partial charge on any atom is 0.335 e. The fourth-order valence-corrected chi connectivity index (χ4v) is 4.96. The molecule has 3 heterocycles. The largest absolute Gasteiger partial charge is 0.487 e. The monoisotopic (exact) mass is 434 g/mol. The minimum absolute atomic E-state index is 0.108. The fraction of sp³-hybridized carbons (Fsp3) is 0.462. The molecule has 1 fully saturated rings. The van der Waals surface area contributed by atoms with Crippen LogP contribution in [0.1, 0.15) is 66.6 Å². The van der Waals surface area contributed by atoms with Crippen molar-refractivity contribution in [3.8, 4) is 5.75 Å². The number of hydrogen-bond donors (Lipinski definition) is 1. The van der Waals surface area contributed by atoms with Crippen molar-refractivity contribution in [2.45, 2.75) is 63.7 Å². The third-order valence-electron chi connectivity index (χ3n) is 7.02. The van der Waals surface area contributed by atoms with Crippen LogP contribution in [0.3, 0.4) is 0 Å². The number of benzene rings is 2. The first-order chi connectivity index (χ1) is 15.3. The van der Waals surface area contributed by atoms with Crippen molar-refractivity contribution in [3.63, 3.8) is 0 Å². The lowest BCUT2D eigenvalue weighted by atomic mass is 9.85. The van der Waals surface area contributed by atoms with Gasteiger partial charge in [-0.05, 0) is 49.9 Å². The van der Waals surface area contributed by atoms with Crippen LogP contribution in [0, 0.1) is 0 Å². The van der Waals surface area contributed by atoms with E-state index in [4.69, 9.17) is 14.7 Å². The number of carbonyl (C=O) groups is 1. The maximum atomic E-state index is 11.1. The van der Waals surface area contributed by atoms with Gasteiger partial charge in [-0.3, -0.25) is 4.90 Å². The average Bonchev–Trinajstić information content (AvgIpc) is 3.19. The highest BCUT2D eigenvalue weighted by molar-refractivity contribution is 6.02. The minimum atomic E-state index is -0.918. The number of ether oxygens (including phenoxy) is 1. The van der Waals surface area contributed by atoms with Crippen LogP contribution in [0.5, 0.6) is 5.75 Å². The van der Waals surface area contributed by atoms with Gasteiger partial charge in [-0.2, -0.15) is 0 Å². The normalized spacial score (nSPS) is 21.4. The summed E-state index contributed by atoms with van der Waals surface area (Å²) in [6, 6.07) is 13.4. The van der Waals surface area contributed by atoms with Gasteiger partial charge in [-0.15, -0.1) is 0 Å². The number of oxime groups is 1. The Balaban J connectivity index is 1.21. The van der Waals surface area contributed by atoms with Crippen molar-refractivity contribution < 1.29 is 19.5 Å². The van der Waals surface area contributed by atoms with Gasteiger partial charge in [0.15, 0.2) is 0 Å². The molecule has 6 nitrogen and oxygen atoms in total. The van der Waals surface area contributed by atoms with E-state index in [9.17, 15) is 4.79 Å². The maximum absolute atomic E-state index is 11.1. The van der Waals surface area contributed by atoms with E-state index < -0.39 is 5.97 Å². The number of nitrogens with zero attached hydrogens (tertiary/aromatic N) is 2. The fourth-order valence-electron chi connectivity index (χ4n) is 4.96. The Morgan fingerprint density at radius 1 is 1.09 bits per heavy atom. The molecular weight excluding hydrogens is 404 g/mol. The van der Waals surface area contributed by atoms with Crippen LogP contribution in [0.4, 0.5) is 0 Å². The zero-order valence-electron chi connectivity index (χ0n) is 18.8. The van der Waals surface area contributed by atoms with Crippen molar-refractivity contribution >= 4 is 11.7 Å². The van der Waals surface area contributed by atoms with E-state index in [1.165, 1.54) is 11.1 Å². The third-order valence-corrected chi connectivity index (χ3v) is 7.02. The molecule has 5 rings (SSSR count). The number of para-hydroxylation sites is 1. The predicted octanol–water partition coefficient (Wildman–Crippen LogP) is 4.65. The summed E-state index contributed by atoms with van der Waals surface area (Å²) in [4.78, 5) is 19.5. The first kappa shape index (κ1) is 21.0. The van der Waals surface area contributed by atoms with Gasteiger partial charge >= 0.3 is 5.97 Å². The Morgan fingerprint density at radius 3 is 2.56 bits per heavy atom. The molecule has 0 atom stereocenters. The quantitative estimate of drug-likeness (QED) is 0.759. The lowest BCUT2D eigenvalue weighted by molar-refractivity contribution is -0.0628. The number of piperidine rings is 1. The van der Waals surface area contributed by atoms with Crippen molar-refractivity contribution in [1.29, 1.82) is 0 Å². The van der Waals surface area contributed by atoms with E-state index in [0.717, 1.165) is 68.8 Å². The standard InChI is InChI=1S/C26H30N2O4/c1-25(2)11-10-19-4-3-5-21(23(19)31-25)17-28-14-12-26(13-15-28)16-22(27-32-26)18-6-8-20(9-7-18)24(29)30/h3-9H,10-17H2,1-2H3,(H,29,30). The van der Waals surface area contributed by atoms with Crippen LogP contribution in [-0.4, -0.2) is 46.0 Å². The van der Waals surface area contributed by atoms with E-state index in [1.54, 1.807) is 12.1 Å². The number of carboxylic acid groups (broad SMARTS) is 1. The smallest absolute Gasteiger partial charge is 0.335 e. The molecule has 0 radical (unpaired) electrons. The summed E-state index contributed by atoms with van der Waals surface area (Å²) in [7, 11) is 0. The molecule has 0 aliphatic carbocycles. The van der Waals surface area contributed by atoms with Crippen molar-refractivity contribution in [3.05, 3.63) is 64.7 Å². The first-order valence-corrected chi connectivity index (χ1v) is 11.4. The van der Waals surface area contributed by atoms with E-state index in [1.807, 2.05) is 12.1 Å². The zero-order valence-corrected chi connectivity index (χ0v) is 18.8. The number of likely N-dealkylation sites (tertiary alicyclic amines) is 1. The molecule has 6 heteroatoms. The highest BCUT2D eigenvalue weighted by Gasteiger charge is 2.42. The molecule has 168 valence electrons. The number of aromatic carboxylic acids is 1. The molecule has 0 unspecified atom stereocenters. The van der Waals surface area contributed by atoms with Crippen molar-refractivity contribution in [1.82, 2.24) is 4.90 Å². The van der Waals surface area contributed by atoms with E-state index in [0.29, 0.717) is 0 Å². The Kier molecular flexibility index (Phi) is 5.20. The van der Waals surface area contributed by atoms with Gasteiger partial charge < -0.3 is 14.7 Å². The first-order valence-electron chi connectivity index (χ1n) is 11.4. The summed E-state index contributed by atoms with van der Waals surface area (Å²) in [5, 5.41) is 13.5. The lowest BCUT2D eigenvalue weighted by Crippen LogP contribution is -2.44. The second-order valence-electron chi connectivity index (χ2n) is 9.91. The van der Waals surface area contributed by atoms with Gasteiger partial charge in [0.1, 0.15) is 17.0 Å². The summed E-state index contributed by atoms with van der Waals surface area (Å²) < 4.78 is 6.37. The summed E-state index contributed by atoms with van der Waals surface area (Å²) >= 11 is 0. The molecule has 0 aromatic heterocycles. The number of aryl methyl sites for hydroxylation is 1. The van der Waals surface area contributed by atoms with Gasteiger partial charge in [0, 0.05) is 44.5 Å². The van der Waals surface area contributed by atoms with Crippen LogP contribution >= 0.6 is 0 Å². The highest BCUT2D eigenvalue weighted by atomic mass is 16.7. The topological polar surface area (TPSA) is 71.4 Å². The minimum Gasteiger partial charge on any atom is -0.487 e. The third kappa shape index (κ3) is 4.11. The molecule has 3 aliphatic heterocycles. The van der Waals surface area contributed by atoms with Gasteiger partial charge in [0.05, 0.1) is 11.3 Å². The van der Waals surface area contributed by atoms with Crippen LogP contribution < -0.4 is 4.74 Å². The number of fused-ring (bicyclic) bond motifs is 1. The summed E-state index contributed by atoms with van der Waals surface area (Å²) in [5.41, 5.74) is 4.37. The number of rotatable bonds is 4. The molecule has 1 spiro atoms. The van der Waals surface area contributed by atoms with Crippen LogP contribution in [-0.2, 0) is 17.8 Å². The molecule has 0 saturated carbocycles. The van der Waals surface area contributed by atoms with Crippen LogP contribution in [0.2, 0.25) is 0 Å². The van der Waals surface area contributed by atoms with Crippen LogP contribution in [0.25, 0.3) is 0 Å². The molecule has 2 aromatic rings. The molecule has 32 heavy (non-hydrogen) atoms. The van der Waals surface area contributed by atoms with Gasteiger partial charge in [0.2, 0.25) is 0 Å². The summed E-state index contributed by atoms with van der Waals surface area (Å²) in [6.07, 6.45) is 4.74. The summed E-state index contributed by atoms with van der Waals surface area (Å²) in [5.74, 6) is 0.162. The van der Waals surface area contributed by atoms with Crippen molar-refractivity contribution in [2.75, 3.05) is 13.1 Å². The number of hydrogen-bond acceptors (Lipinski definition) is 5. The Bertz CT molecular complexity index is 1050. The van der Waals surface area contributed by atoms with Crippen LogP contribution in [0.15, 0.2) is 47.6 Å². The molecule has 1 N–H and O–H groups in total. The average molecular weight is 435 g/mol. The SMILES string of the molecule is CC1(C)CCc2cccc(CN3CCC4(CC3)CC(c3ccc(C(=O)O)cc3)=NO4)c2O1. The van der Waals surface area contributed by atoms with Gasteiger partial charge in [-0.1, -0.05) is 35.5 Å². The van der Waals surface area contributed by atoms with E-state index in [2.05, 4.69) is 42.1 Å². The lowest BCUT2D eigenvalue weighted by Gasteiger charge is -2.38. The Labute approximate surface area is 188 Å². The van der Waals surface area contributed by atoms with E-state index in [-0.39, 0.29) is 16.8 Å².